The van der Waals surface area contributed by atoms with Gasteiger partial charge in [-0.1, -0.05) is 47.0 Å². The zero-order valence-corrected chi connectivity index (χ0v) is 14.5. The molecule has 1 aliphatic rings. The molecule has 0 aliphatic heterocycles. The van der Waals surface area contributed by atoms with Crippen LogP contribution in [0.5, 0.6) is 0 Å². The molecule has 0 heterocycles. The van der Waals surface area contributed by atoms with E-state index in [1.165, 1.54) is 71.1 Å². The first-order valence-electron chi connectivity index (χ1n) is 9.03. The standard InChI is InChI=1S/C18H38N2/c1-16(2)10-13-20(14-11-17(3)4)15-12-19-18-8-6-5-7-9-18/h16-19H,5-15H2,1-4H3. The Morgan fingerprint density at radius 2 is 1.40 bits per heavy atom. The SMILES string of the molecule is CC(C)CCN(CCNC1CCCCC1)CCC(C)C. The lowest BCUT2D eigenvalue weighted by atomic mass is 9.95. The highest BCUT2D eigenvalue weighted by molar-refractivity contribution is 4.73. The number of nitrogens with zero attached hydrogens (tertiary/aromatic N) is 1. The normalized spacial score (nSPS) is 17.6. The number of nitrogens with one attached hydrogen (secondary N) is 1. The molecule has 1 saturated carbocycles. The van der Waals surface area contributed by atoms with Gasteiger partial charge in [0, 0.05) is 19.1 Å². The van der Waals surface area contributed by atoms with Crippen molar-refractivity contribution >= 4 is 0 Å². The van der Waals surface area contributed by atoms with Crippen molar-refractivity contribution in [1.82, 2.24) is 10.2 Å². The second-order valence-electron chi connectivity index (χ2n) is 7.50. The molecule has 0 radical (unpaired) electrons. The lowest BCUT2D eigenvalue weighted by molar-refractivity contribution is 0.236. The first-order valence-corrected chi connectivity index (χ1v) is 9.03. The van der Waals surface area contributed by atoms with Crippen molar-refractivity contribution in [1.29, 1.82) is 0 Å². The van der Waals surface area contributed by atoms with Crippen LogP contribution in [-0.4, -0.2) is 37.1 Å². The summed E-state index contributed by atoms with van der Waals surface area (Å²) in [6, 6.07) is 0.806. The summed E-state index contributed by atoms with van der Waals surface area (Å²) in [6.07, 6.45) is 9.79. The van der Waals surface area contributed by atoms with Crippen LogP contribution in [-0.2, 0) is 0 Å². The molecule has 0 unspecified atom stereocenters. The topological polar surface area (TPSA) is 15.3 Å². The van der Waals surface area contributed by atoms with Crippen LogP contribution in [0, 0.1) is 11.8 Å². The number of hydrogen-bond donors (Lipinski definition) is 1. The quantitative estimate of drug-likeness (QED) is 0.642. The monoisotopic (exact) mass is 282 g/mol. The third kappa shape index (κ3) is 8.97. The molecule has 2 heteroatoms. The number of rotatable bonds is 10. The Morgan fingerprint density at radius 1 is 0.850 bits per heavy atom. The van der Waals surface area contributed by atoms with E-state index < -0.39 is 0 Å². The van der Waals surface area contributed by atoms with Crippen molar-refractivity contribution in [3.8, 4) is 0 Å². The van der Waals surface area contributed by atoms with Crippen molar-refractivity contribution in [3.63, 3.8) is 0 Å². The fraction of sp³-hybridized carbons (Fsp3) is 1.00. The van der Waals surface area contributed by atoms with E-state index in [9.17, 15) is 0 Å². The maximum Gasteiger partial charge on any atom is 0.0107 e. The third-order valence-corrected chi connectivity index (χ3v) is 4.51. The van der Waals surface area contributed by atoms with E-state index in [1.807, 2.05) is 0 Å². The van der Waals surface area contributed by atoms with Crippen LogP contribution in [0.2, 0.25) is 0 Å². The van der Waals surface area contributed by atoms with Gasteiger partial charge in [-0.2, -0.15) is 0 Å². The summed E-state index contributed by atoms with van der Waals surface area (Å²) >= 11 is 0. The van der Waals surface area contributed by atoms with Crippen LogP contribution in [0.3, 0.4) is 0 Å². The second kappa shape index (κ2) is 10.6. The van der Waals surface area contributed by atoms with Crippen molar-refractivity contribution in [3.05, 3.63) is 0 Å². The van der Waals surface area contributed by atoms with E-state index in [1.54, 1.807) is 0 Å². The van der Waals surface area contributed by atoms with Crippen LogP contribution in [0.25, 0.3) is 0 Å². The molecular weight excluding hydrogens is 244 g/mol. The van der Waals surface area contributed by atoms with Crippen LogP contribution in [0.1, 0.15) is 72.6 Å². The van der Waals surface area contributed by atoms with Crippen molar-refractivity contribution in [2.75, 3.05) is 26.2 Å². The molecule has 0 aromatic carbocycles. The van der Waals surface area contributed by atoms with Crippen LogP contribution >= 0.6 is 0 Å². The van der Waals surface area contributed by atoms with Gasteiger partial charge < -0.3 is 10.2 Å². The van der Waals surface area contributed by atoms with Crippen LogP contribution < -0.4 is 5.32 Å². The van der Waals surface area contributed by atoms with Gasteiger partial charge in [-0.15, -0.1) is 0 Å². The molecule has 1 fully saturated rings. The Morgan fingerprint density at radius 3 is 1.90 bits per heavy atom. The molecule has 0 amide bonds. The van der Waals surface area contributed by atoms with Crippen molar-refractivity contribution in [2.45, 2.75) is 78.7 Å². The van der Waals surface area contributed by atoms with Gasteiger partial charge in [0.1, 0.15) is 0 Å². The largest absolute Gasteiger partial charge is 0.313 e. The molecule has 20 heavy (non-hydrogen) atoms. The summed E-state index contributed by atoms with van der Waals surface area (Å²) in [6.45, 7) is 14.3. The van der Waals surface area contributed by atoms with Gasteiger partial charge >= 0.3 is 0 Å². The minimum absolute atomic E-state index is 0.806. The van der Waals surface area contributed by atoms with E-state index in [0.717, 1.165) is 17.9 Å². The Labute approximate surface area is 127 Å². The molecule has 0 atom stereocenters. The lowest BCUT2D eigenvalue weighted by Crippen LogP contribution is -2.39. The van der Waals surface area contributed by atoms with Gasteiger partial charge in [-0.25, -0.2) is 0 Å². The van der Waals surface area contributed by atoms with Gasteiger partial charge in [-0.05, 0) is 50.6 Å². The average Bonchev–Trinajstić information content (AvgIpc) is 2.42. The fourth-order valence-electron chi connectivity index (χ4n) is 2.95. The van der Waals surface area contributed by atoms with Gasteiger partial charge in [-0.3, -0.25) is 0 Å². The summed E-state index contributed by atoms with van der Waals surface area (Å²) in [5.41, 5.74) is 0. The maximum atomic E-state index is 3.79. The highest BCUT2D eigenvalue weighted by Gasteiger charge is 2.13. The van der Waals surface area contributed by atoms with E-state index >= 15 is 0 Å². The van der Waals surface area contributed by atoms with Crippen LogP contribution in [0.15, 0.2) is 0 Å². The summed E-state index contributed by atoms with van der Waals surface area (Å²) in [5.74, 6) is 1.64. The molecule has 0 aromatic rings. The predicted octanol–water partition coefficient (Wildman–Crippen LogP) is 4.30. The summed E-state index contributed by atoms with van der Waals surface area (Å²) in [4.78, 5) is 2.68. The summed E-state index contributed by atoms with van der Waals surface area (Å²) in [7, 11) is 0. The minimum Gasteiger partial charge on any atom is -0.313 e. The van der Waals surface area contributed by atoms with E-state index in [4.69, 9.17) is 0 Å². The molecule has 120 valence electrons. The molecule has 0 spiro atoms. The first kappa shape index (κ1) is 18.0. The zero-order valence-electron chi connectivity index (χ0n) is 14.5. The Hall–Kier alpha value is -0.0800. The number of hydrogen-bond acceptors (Lipinski definition) is 2. The zero-order chi connectivity index (χ0) is 14.8. The Bertz CT molecular complexity index is 207. The van der Waals surface area contributed by atoms with Crippen molar-refractivity contribution in [2.24, 2.45) is 11.8 Å². The van der Waals surface area contributed by atoms with E-state index in [0.29, 0.717) is 0 Å². The summed E-state index contributed by atoms with van der Waals surface area (Å²) in [5, 5.41) is 3.79. The van der Waals surface area contributed by atoms with Gasteiger partial charge in [0.25, 0.3) is 0 Å². The maximum absolute atomic E-state index is 3.79. The molecule has 0 saturated heterocycles. The molecule has 1 N–H and O–H groups in total. The highest BCUT2D eigenvalue weighted by atomic mass is 15.1. The summed E-state index contributed by atoms with van der Waals surface area (Å²) < 4.78 is 0. The first-order chi connectivity index (χ1) is 9.58. The van der Waals surface area contributed by atoms with Crippen LogP contribution in [0.4, 0.5) is 0 Å². The molecule has 1 aliphatic carbocycles. The molecule has 0 bridgehead atoms. The van der Waals surface area contributed by atoms with E-state index in [-0.39, 0.29) is 0 Å². The second-order valence-corrected chi connectivity index (χ2v) is 7.50. The molecule has 1 rings (SSSR count). The predicted molar refractivity (Wildman–Crippen MR) is 90.2 cm³/mol. The lowest BCUT2D eigenvalue weighted by Gasteiger charge is -2.27. The highest BCUT2D eigenvalue weighted by Crippen LogP contribution is 2.17. The van der Waals surface area contributed by atoms with Gasteiger partial charge in [0.15, 0.2) is 0 Å². The Balaban J connectivity index is 2.19. The molecule has 0 aromatic heterocycles. The van der Waals surface area contributed by atoms with Crippen molar-refractivity contribution < 1.29 is 0 Å². The Kier molecular flexibility index (Phi) is 9.54. The molecule has 2 nitrogen and oxygen atoms in total. The third-order valence-electron chi connectivity index (χ3n) is 4.51. The minimum atomic E-state index is 0.806. The average molecular weight is 283 g/mol. The van der Waals surface area contributed by atoms with Gasteiger partial charge in [0.2, 0.25) is 0 Å². The fourth-order valence-corrected chi connectivity index (χ4v) is 2.95. The van der Waals surface area contributed by atoms with E-state index in [2.05, 4.69) is 37.9 Å². The molecular formula is C18H38N2. The smallest absolute Gasteiger partial charge is 0.0107 e. The van der Waals surface area contributed by atoms with Gasteiger partial charge in [0.05, 0.1) is 0 Å².